The van der Waals surface area contributed by atoms with E-state index in [0.717, 1.165) is 64.2 Å². The number of aliphatic hydroxyl groups is 2. The highest BCUT2D eigenvalue weighted by Gasteiger charge is 2.18. The molecule has 0 saturated carbocycles. The number of nitrogens with one attached hydrogen (secondary N) is 1. The van der Waals surface area contributed by atoms with Gasteiger partial charge in [0.1, 0.15) is 0 Å². The minimum absolute atomic E-state index is 0.0822. The summed E-state index contributed by atoms with van der Waals surface area (Å²) in [5.74, 6) is -0.0822. The molecule has 0 aliphatic rings. The Bertz CT molecular complexity index is 1100. The van der Waals surface area contributed by atoms with Crippen LogP contribution in [0.4, 0.5) is 0 Å². The molecule has 0 aromatic rings. The first-order chi connectivity index (χ1) is 31.7. The summed E-state index contributed by atoms with van der Waals surface area (Å²) in [4.78, 5) is 12.5. The smallest absolute Gasteiger partial charge is 0.220 e. The fourth-order valence-electron chi connectivity index (χ4n) is 8.42. The molecule has 0 radical (unpaired) electrons. The van der Waals surface area contributed by atoms with E-state index < -0.39 is 12.1 Å². The van der Waals surface area contributed by atoms with Crippen LogP contribution in [0.15, 0.2) is 72.9 Å². The molecule has 0 spiro atoms. The van der Waals surface area contributed by atoms with Gasteiger partial charge in [0.15, 0.2) is 0 Å². The van der Waals surface area contributed by atoms with Gasteiger partial charge in [0.25, 0.3) is 0 Å². The standard InChI is InChI=1S/C60H109NO3/c1-3-5-7-9-11-13-15-17-19-21-23-25-26-27-28-29-30-31-32-33-34-36-37-39-41-43-45-47-49-51-53-55-59(63)58(57-62)61-60(64)56-54-52-50-48-46-44-42-40-38-35-24-22-20-18-16-14-12-10-8-6-4-2/h6,8,12,14,18,20,24,35,45,47,53,55,58-59,62-63H,3-5,7,9-11,13,15-17,19,21-23,25-34,36-44,46,48-52,54,56-57H2,1-2H3,(H,61,64)/b8-6-,14-12-,20-18-,35-24-,47-45+,55-53+. The van der Waals surface area contributed by atoms with Crippen molar-refractivity contribution >= 4 is 5.91 Å². The van der Waals surface area contributed by atoms with Crippen molar-refractivity contribution < 1.29 is 15.0 Å². The van der Waals surface area contributed by atoms with Crippen molar-refractivity contribution in [2.45, 2.75) is 296 Å². The van der Waals surface area contributed by atoms with Crippen LogP contribution >= 0.6 is 0 Å². The molecule has 4 nitrogen and oxygen atoms in total. The molecule has 372 valence electrons. The van der Waals surface area contributed by atoms with Gasteiger partial charge in [-0.15, -0.1) is 0 Å². The van der Waals surface area contributed by atoms with E-state index in [-0.39, 0.29) is 12.5 Å². The Morgan fingerprint density at radius 3 is 1.09 bits per heavy atom. The van der Waals surface area contributed by atoms with Gasteiger partial charge >= 0.3 is 0 Å². The second kappa shape index (κ2) is 55.2. The van der Waals surface area contributed by atoms with Gasteiger partial charge in [-0.05, 0) is 70.6 Å². The molecule has 0 bridgehead atoms. The number of carbonyl (C=O) groups excluding carboxylic acids is 1. The molecule has 4 heteroatoms. The van der Waals surface area contributed by atoms with Gasteiger partial charge in [-0.1, -0.05) is 279 Å². The van der Waals surface area contributed by atoms with E-state index in [0.29, 0.717) is 6.42 Å². The minimum atomic E-state index is -0.871. The number of aliphatic hydroxyl groups excluding tert-OH is 2. The molecule has 0 fully saturated rings. The highest BCUT2D eigenvalue weighted by molar-refractivity contribution is 5.76. The molecule has 0 aromatic carbocycles. The fourth-order valence-corrected chi connectivity index (χ4v) is 8.42. The molecule has 2 atom stereocenters. The maximum Gasteiger partial charge on any atom is 0.220 e. The largest absolute Gasteiger partial charge is 0.394 e. The minimum Gasteiger partial charge on any atom is -0.394 e. The number of allylic oxidation sites excluding steroid dienone is 11. The van der Waals surface area contributed by atoms with Crippen LogP contribution in [0.3, 0.4) is 0 Å². The number of unbranched alkanes of at least 4 members (excludes halogenated alkanes) is 34. The summed E-state index contributed by atoms with van der Waals surface area (Å²) >= 11 is 0. The predicted molar refractivity (Wildman–Crippen MR) is 285 cm³/mol. The maximum atomic E-state index is 12.5. The van der Waals surface area contributed by atoms with Crippen LogP contribution < -0.4 is 5.32 Å². The van der Waals surface area contributed by atoms with E-state index >= 15 is 0 Å². The Kier molecular flexibility index (Phi) is 53.3. The van der Waals surface area contributed by atoms with E-state index in [2.05, 4.69) is 79.9 Å². The molecule has 0 aliphatic heterocycles. The molecule has 0 saturated heterocycles. The molecule has 0 heterocycles. The van der Waals surface area contributed by atoms with Gasteiger partial charge in [-0.25, -0.2) is 0 Å². The van der Waals surface area contributed by atoms with Crippen LogP contribution in [-0.2, 0) is 4.79 Å². The first kappa shape index (κ1) is 61.8. The molecule has 1 amide bonds. The predicted octanol–water partition coefficient (Wildman–Crippen LogP) is 18.6. The lowest BCUT2D eigenvalue weighted by molar-refractivity contribution is -0.123. The SMILES string of the molecule is CC/C=C\C/C=C\C/C=C\C/C=C\CCCCCCCCCCC(=O)NC(CO)C(O)/C=C/CC/C=C/CCCCCCCCCCCCCCCCCCCCCCCCCCC. The normalized spacial score (nSPS) is 13.4. The van der Waals surface area contributed by atoms with E-state index in [9.17, 15) is 15.0 Å². The van der Waals surface area contributed by atoms with Crippen LogP contribution in [0.1, 0.15) is 284 Å². The van der Waals surface area contributed by atoms with Crippen molar-refractivity contribution in [2.24, 2.45) is 0 Å². The lowest BCUT2D eigenvalue weighted by Gasteiger charge is -2.19. The monoisotopic (exact) mass is 892 g/mol. The summed E-state index contributed by atoms with van der Waals surface area (Å²) < 4.78 is 0. The van der Waals surface area contributed by atoms with Crippen LogP contribution in [0.5, 0.6) is 0 Å². The Balaban J connectivity index is 3.54. The highest BCUT2D eigenvalue weighted by Crippen LogP contribution is 2.17. The first-order valence-corrected chi connectivity index (χ1v) is 28.2. The summed E-state index contributed by atoms with van der Waals surface area (Å²) in [5, 5.41) is 23.1. The second-order valence-corrected chi connectivity index (χ2v) is 19.0. The Morgan fingerprint density at radius 1 is 0.391 bits per heavy atom. The summed E-state index contributed by atoms with van der Waals surface area (Å²) in [6.07, 6.45) is 79.3. The van der Waals surface area contributed by atoms with Crippen LogP contribution in [0.2, 0.25) is 0 Å². The average Bonchev–Trinajstić information content (AvgIpc) is 3.30. The quantitative estimate of drug-likeness (QED) is 0.0421. The number of rotatable bonds is 51. The van der Waals surface area contributed by atoms with Gasteiger partial charge < -0.3 is 15.5 Å². The van der Waals surface area contributed by atoms with Crippen LogP contribution in [-0.4, -0.2) is 34.9 Å². The van der Waals surface area contributed by atoms with Gasteiger partial charge in [0.2, 0.25) is 5.91 Å². The lowest BCUT2D eigenvalue weighted by atomic mass is 10.0. The molecule has 2 unspecified atom stereocenters. The Labute approximate surface area is 399 Å². The molecular weight excluding hydrogens is 783 g/mol. The van der Waals surface area contributed by atoms with Crippen molar-refractivity contribution in [3.63, 3.8) is 0 Å². The molecule has 64 heavy (non-hydrogen) atoms. The van der Waals surface area contributed by atoms with Crippen molar-refractivity contribution in [1.82, 2.24) is 5.32 Å². The number of hydrogen-bond acceptors (Lipinski definition) is 3. The van der Waals surface area contributed by atoms with Crippen molar-refractivity contribution in [3.8, 4) is 0 Å². The van der Waals surface area contributed by atoms with Crippen molar-refractivity contribution in [3.05, 3.63) is 72.9 Å². The van der Waals surface area contributed by atoms with Crippen LogP contribution in [0, 0.1) is 0 Å². The number of amides is 1. The molecule has 0 aromatic heterocycles. The Morgan fingerprint density at radius 2 is 0.703 bits per heavy atom. The zero-order chi connectivity index (χ0) is 46.3. The zero-order valence-corrected chi connectivity index (χ0v) is 42.8. The fraction of sp³-hybridized carbons (Fsp3) is 0.783. The van der Waals surface area contributed by atoms with E-state index in [1.54, 1.807) is 6.08 Å². The summed E-state index contributed by atoms with van der Waals surface area (Å²) in [6.45, 7) is 4.20. The van der Waals surface area contributed by atoms with Crippen molar-refractivity contribution in [2.75, 3.05) is 6.61 Å². The third-order valence-corrected chi connectivity index (χ3v) is 12.7. The van der Waals surface area contributed by atoms with Gasteiger partial charge in [-0.2, -0.15) is 0 Å². The lowest BCUT2D eigenvalue weighted by Crippen LogP contribution is -2.45. The molecule has 0 aliphatic carbocycles. The number of hydrogen-bond donors (Lipinski definition) is 3. The third-order valence-electron chi connectivity index (χ3n) is 12.7. The Hall–Kier alpha value is -2.17. The van der Waals surface area contributed by atoms with Crippen molar-refractivity contribution in [1.29, 1.82) is 0 Å². The topological polar surface area (TPSA) is 69.6 Å². The molecule has 0 rings (SSSR count). The second-order valence-electron chi connectivity index (χ2n) is 19.0. The molecule has 3 N–H and O–H groups in total. The number of carbonyl (C=O) groups is 1. The summed E-state index contributed by atoms with van der Waals surface area (Å²) in [6, 6.07) is -0.649. The summed E-state index contributed by atoms with van der Waals surface area (Å²) in [5.41, 5.74) is 0. The highest BCUT2D eigenvalue weighted by atomic mass is 16.3. The van der Waals surface area contributed by atoms with E-state index in [1.165, 1.54) is 199 Å². The van der Waals surface area contributed by atoms with Crippen LogP contribution in [0.25, 0.3) is 0 Å². The third kappa shape index (κ3) is 50.8. The van der Waals surface area contributed by atoms with Gasteiger partial charge in [0.05, 0.1) is 18.8 Å². The molecular formula is C60H109NO3. The zero-order valence-electron chi connectivity index (χ0n) is 42.8. The first-order valence-electron chi connectivity index (χ1n) is 28.2. The van der Waals surface area contributed by atoms with E-state index in [4.69, 9.17) is 0 Å². The summed E-state index contributed by atoms with van der Waals surface area (Å²) in [7, 11) is 0. The van der Waals surface area contributed by atoms with E-state index in [1.807, 2.05) is 6.08 Å². The maximum absolute atomic E-state index is 12.5. The average molecular weight is 893 g/mol. The van der Waals surface area contributed by atoms with Gasteiger partial charge in [-0.3, -0.25) is 4.79 Å². The van der Waals surface area contributed by atoms with Gasteiger partial charge in [0, 0.05) is 6.42 Å².